The van der Waals surface area contributed by atoms with E-state index in [1.807, 2.05) is 21.1 Å². The molecule has 312 valence electrons. The molecule has 0 bridgehead atoms. The molecule has 0 aromatic rings. The summed E-state index contributed by atoms with van der Waals surface area (Å²) in [5, 5.41) is 13.8. The molecule has 0 aliphatic heterocycles. The van der Waals surface area contributed by atoms with Crippen LogP contribution in [0.5, 0.6) is 0 Å². The fourth-order valence-electron chi connectivity index (χ4n) is 5.57. The minimum absolute atomic E-state index is 0.00436. The maximum Gasteiger partial charge on any atom is 0.268 e. The van der Waals surface area contributed by atoms with Crippen molar-refractivity contribution < 1.29 is 32.9 Å². The molecule has 0 saturated carbocycles. The number of amides is 1. The number of hydrogen-bond donors (Lipinski definition) is 2. The van der Waals surface area contributed by atoms with Crippen LogP contribution in [0.15, 0.2) is 72.9 Å². The number of rotatable bonds is 37. The van der Waals surface area contributed by atoms with E-state index in [1.54, 1.807) is 0 Å². The van der Waals surface area contributed by atoms with Gasteiger partial charge in [-0.25, -0.2) is 0 Å². The highest BCUT2D eigenvalue weighted by atomic mass is 31.2. The van der Waals surface area contributed by atoms with Crippen LogP contribution in [0.2, 0.25) is 0 Å². The van der Waals surface area contributed by atoms with E-state index < -0.39 is 20.0 Å². The molecule has 3 unspecified atom stereocenters. The second-order valence-corrected chi connectivity index (χ2v) is 16.7. The summed E-state index contributed by atoms with van der Waals surface area (Å²) in [6.07, 6.45) is 47.8. The summed E-state index contributed by atoms with van der Waals surface area (Å²) in [6, 6.07) is -0.809. The molecule has 2 N–H and O–H groups in total. The van der Waals surface area contributed by atoms with Crippen molar-refractivity contribution in [1.82, 2.24) is 5.32 Å². The number of quaternary nitrogens is 1. The lowest BCUT2D eigenvalue weighted by atomic mass is 10.0. The molecule has 0 heterocycles. The summed E-state index contributed by atoms with van der Waals surface area (Å²) in [4.78, 5) is 25.2. The lowest BCUT2D eigenvalue weighted by Crippen LogP contribution is -2.46. The number of carbonyl (C=O) groups excluding carboxylic acids is 1. The lowest BCUT2D eigenvalue weighted by Gasteiger charge is -2.30. The smallest absolute Gasteiger partial charge is 0.268 e. The Balaban J connectivity index is 4.23. The SMILES string of the molecule is CC/C=C\C/C=C\C/C=C\C/C=C\C/C=C\C/C=C\CCCCCCCCC(=O)NC(COP(=O)([O-])OCC[N+](C)(C)C)C(O)CCCCCCCCC. The maximum atomic E-state index is 12.8. The number of likely N-dealkylation sites (N-methyl/N-ethyl adjacent to an activating group) is 1. The Hall–Kier alpha value is -2.06. The van der Waals surface area contributed by atoms with E-state index in [9.17, 15) is 19.4 Å². The summed E-state index contributed by atoms with van der Waals surface area (Å²) < 4.78 is 23.1. The summed E-state index contributed by atoms with van der Waals surface area (Å²) in [5.74, 6) is -0.188. The Bertz CT molecular complexity index is 1110. The van der Waals surface area contributed by atoms with Gasteiger partial charge in [-0.1, -0.05) is 157 Å². The number of hydrogen-bond acceptors (Lipinski definition) is 6. The number of carbonyl (C=O) groups is 1. The van der Waals surface area contributed by atoms with E-state index in [0.717, 1.165) is 89.9 Å². The van der Waals surface area contributed by atoms with Crippen molar-refractivity contribution in [2.24, 2.45) is 0 Å². The zero-order chi connectivity index (χ0) is 40.0. The topological polar surface area (TPSA) is 108 Å². The van der Waals surface area contributed by atoms with Crippen molar-refractivity contribution in [1.29, 1.82) is 0 Å². The zero-order valence-corrected chi connectivity index (χ0v) is 36.0. The molecule has 0 spiro atoms. The molecule has 0 rings (SSSR count). The van der Waals surface area contributed by atoms with Gasteiger partial charge in [0.2, 0.25) is 5.91 Å². The second kappa shape index (κ2) is 36.6. The summed E-state index contributed by atoms with van der Waals surface area (Å²) in [6.45, 7) is 4.51. The highest BCUT2D eigenvalue weighted by Crippen LogP contribution is 2.38. The van der Waals surface area contributed by atoms with Crippen LogP contribution in [0.4, 0.5) is 0 Å². The molecule has 0 aromatic carbocycles. The van der Waals surface area contributed by atoms with Gasteiger partial charge in [-0.3, -0.25) is 9.36 Å². The average molecular weight is 777 g/mol. The molecule has 54 heavy (non-hydrogen) atoms. The van der Waals surface area contributed by atoms with Crippen molar-refractivity contribution in [3.63, 3.8) is 0 Å². The van der Waals surface area contributed by atoms with E-state index in [2.05, 4.69) is 92.1 Å². The predicted molar refractivity (Wildman–Crippen MR) is 228 cm³/mol. The quantitative estimate of drug-likeness (QED) is 0.0281. The van der Waals surface area contributed by atoms with Crippen LogP contribution in [-0.4, -0.2) is 68.5 Å². The third kappa shape index (κ3) is 38.2. The molecule has 0 aliphatic carbocycles. The first-order chi connectivity index (χ1) is 26.0. The van der Waals surface area contributed by atoms with Gasteiger partial charge in [-0.2, -0.15) is 0 Å². The molecule has 0 aliphatic rings. The largest absolute Gasteiger partial charge is 0.756 e. The van der Waals surface area contributed by atoms with Gasteiger partial charge in [0, 0.05) is 6.42 Å². The van der Waals surface area contributed by atoms with Gasteiger partial charge in [-0.15, -0.1) is 0 Å². The van der Waals surface area contributed by atoms with Crippen LogP contribution in [0.25, 0.3) is 0 Å². The van der Waals surface area contributed by atoms with Crippen LogP contribution >= 0.6 is 7.82 Å². The van der Waals surface area contributed by atoms with Gasteiger partial charge >= 0.3 is 0 Å². The molecule has 0 fully saturated rings. The summed E-state index contributed by atoms with van der Waals surface area (Å²) in [7, 11) is 1.27. The number of aliphatic hydroxyl groups excluding tert-OH is 1. The van der Waals surface area contributed by atoms with Gasteiger partial charge in [0.1, 0.15) is 13.2 Å². The van der Waals surface area contributed by atoms with Crippen LogP contribution in [0.1, 0.15) is 155 Å². The van der Waals surface area contributed by atoms with Crippen LogP contribution < -0.4 is 10.2 Å². The Labute approximate surface area is 332 Å². The second-order valence-electron chi connectivity index (χ2n) is 15.3. The van der Waals surface area contributed by atoms with E-state index >= 15 is 0 Å². The number of aliphatic hydroxyl groups is 1. The fourth-order valence-corrected chi connectivity index (χ4v) is 6.29. The number of phosphoric ester groups is 1. The normalized spacial score (nSPS) is 15.2. The van der Waals surface area contributed by atoms with Crippen molar-refractivity contribution in [2.75, 3.05) is 40.9 Å². The van der Waals surface area contributed by atoms with Gasteiger partial charge in [-0.05, 0) is 64.2 Å². The van der Waals surface area contributed by atoms with E-state index in [-0.39, 0.29) is 19.1 Å². The van der Waals surface area contributed by atoms with Crippen molar-refractivity contribution >= 4 is 13.7 Å². The first-order valence-electron chi connectivity index (χ1n) is 21.3. The minimum Gasteiger partial charge on any atom is -0.756 e. The third-order valence-corrected chi connectivity index (χ3v) is 9.92. The Morgan fingerprint density at radius 2 is 1.13 bits per heavy atom. The lowest BCUT2D eigenvalue weighted by molar-refractivity contribution is -0.870. The highest BCUT2D eigenvalue weighted by molar-refractivity contribution is 7.45. The Morgan fingerprint density at radius 3 is 1.65 bits per heavy atom. The Morgan fingerprint density at radius 1 is 0.667 bits per heavy atom. The molecule has 9 heteroatoms. The Kier molecular flexibility index (Phi) is 35.2. The van der Waals surface area contributed by atoms with Gasteiger partial charge in [0.15, 0.2) is 0 Å². The minimum atomic E-state index is -4.56. The van der Waals surface area contributed by atoms with Gasteiger partial charge in [0.25, 0.3) is 7.82 Å². The standard InChI is InChI=1S/C45H81N2O6P/c1-6-8-10-12-14-15-16-17-18-19-20-21-22-23-24-25-26-27-28-29-30-31-33-35-37-39-45(49)46-43(44(48)38-36-34-32-13-11-9-7-2)42-53-54(50,51)52-41-40-47(3,4)5/h8,10,14-15,17-18,20-21,23-24,26-27,43-44,48H,6-7,9,11-13,16,19,22,25,28-42H2,1-5H3,(H-,46,49,50,51)/b10-8-,15-14-,18-17-,21-20-,24-23-,27-26-. The molecule has 8 nitrogen and oxygen atoms in total. The number of allylic oxidation sites excluding steroid dienone is 12. The maximum absolute atomic E-state index is 12.8. The van der Waals surface area contributed by atoms with E-state index in [4.69, 9.17) is 9.05 Å². The number of unbranched alkanes of at least 4 members (excludes halogenated alkanes) is 12. The van der Waals surface area contributed by atoms with Crippen LogP contribution in [0.3, 0.4) is 0 Å². The van der Waals surface area contributed by atoms with Crippen molar-refractivity contribution in [3.8, 4) is 0 Å². The van der Waals surface area contributed by atoms with Crippen LogP contribution in [-0.2, 0) is 18.4 Å². The first-order valence-corrected chi connectivity index (χ1v) is 22.7. The number of phosphoric acid groups is 1. The monoisotopic (exact) mass is 777 g/mol. The predicted octanol–water partition coefficient (Wildman–Crippen LogP) is 11.0. The molecule has 0 saturated heterocycles. The highest BCUT2D eigenvalue weighted by Gasteiger charge is 2.24. The molecule has 1 amide bonds. The molecule has 0 aromatic heterocycles. The fraction of sp³-hybridized carbons (Fsp3) is 0.711. The van der Waals surface area contributed by atoms with Gasteiger partial charge < -0.3 is 28.8 Å². The van der Waals surface area contributed by atoms with Gasteiger partial charge in [0.05, 0.1) is 39.9 Å². The molecular formula is C45H81N2O6P. The number of nitrogens with one attached hydrogen (secondary N) is 1. The first kappa shape index (κ1) is 51.9. The molecule has 0 radical (unpaired) electrons. The van der Waals surface area contributed by atoms with E-state index in [1.165, 1.54) is 38.5 Å². The van der Waals surface area contributed by atoms with Crippen molar-refractivity contribution in [3.05, 3.63) is 72.9 Å². The zero-order valence-electron chi connectivity index (χ0n) is 35.1. The third-order valence-electron chi connectivity index (χ3n) is 8.96. The average Bonchev–Trinajstić information content (AvgIpc) is 3.12. The van der Waals surface area contributed by atoms with Crippen LogP contribution in [0, 0.1) is 0 Å². The van der Waals surface area contributed by atoms with Crippen molar-refractivity contribution in [2.45, 2.75) is 167 Å². The summed E-state index contributed by atoms with van der Waals surface area (Å²) in [5.41, 5.74) is 0. The molecule has 3 atom stereocenters. The number of nitrogens with zero attached hydrogens (tertiary/aromatic N) is 1. The van der Waals surface area contributed by atoms with E-state index in [0.29, 0.717) is 23.9 Å². The molecular weight excluding hydrogens is 695 g/mol. The summed E-state index contributed by atoms with van der Waals surface area (Å²) >= 11 is 0.